The van der Waals surface area contributed by atoms with Crippen molar-refractivity contribution in [1.29, 1.82) is 0 Å². The molecule has 0 saturated carbocycles. The van der Waals surface area contributed by atoms with E-state index in [4.69, 9.17) is 0 Å². The van der Waals surface area contributed by atoms with E-state index in [1.54, 1.807) is 22.3 Å². The molecule has 0 bridgehead atoms. The number of hydrogen-bond donors (Lipinski definition) is 0. The van der Waals surface area contributed by atoms with E-state index in [1.165, 1.54) is 57.8 Å². The first kappa shape index (κ1) is 16.3. The minimum Gasteiger partial charge on any atom is -0.0654 e. The Balaban J connectivity index is 2.91. The molecule has 0 atom stereocenters. The van der Waals surface area contributed by atoms with Crippen LogP contribution >= 0.6 is 0 Å². The lowest BCUT2D eigenvalue weighted by Crippen LogP contribution is -2.04. The summed E-state index contributed by atoms with van der Waals surface area (Å²) in [6.07, 6.45) is 11.7. The van der Waals surface area contributed by atoms with Crippen molar-refractivity contribution in [2.75, 3.05) is 0 Å². The van der Waals surface area contributed by atoms with Gasteiger partial charge in [-0.1, -0.05) is 65.5 Å². The predicted octanol–water partition coefficient (Wildman–Crippen LogP) is 5.89. The topological polar surface area (TPSA) is 0 Å². The van der Waals surface area contributed by atoms with Gasteiger partial charge >= 0.3 is 0 Å². The second-order valence-corrected chi connectivity index (χ2v) is 5.61. The largest absolute Gasteiger partial charge is 0.0654 e. The van der Waals surface area contributed by atoms with Crippen LogP contribution in [0.1, 0.15) is 82.1 Å². The fraction of sp³-hybridized carbons (Fsp3) is 0.684. The molecule has 0 spiro atoms. The second-order valence-electron chi connectivity index (χ2n) is 5.61. The SMILES string of the molecule is CCCCCCc1c(CC)ccc(CCC)c1CC. The van der Waals surface area contributed by atoms with E-state index in [2.05, 4.69) is 39.8 Å². The summed E-state index contributed by atoms with van der Waals surface area (Å²) in [5, 5.41) is 0. The Labute approximate surface area is 120 Å². The van der Waals surface area contributed by atoms with Gasteiger partial charge in [-0.15, -0.1) is 0 Å². The molecule has 0 nitrogen and oxygen atoms in total. The van der Waals surface area contributed by atoms with Gasteiger partial charge in [-0.3, -0.25) is 0 Å². The number of unbranched alkanes of at least 4 members (excludes halogenated alkanes) is 3. The Bertz CT molecular complexity index is 363. The second kappa shape index (κ2) is 9.18. The van der Waals surface area contributed by atoms with Crippen molar-refractivity contribution < 1.29 is 0 Å². The molecule has 0 fully saturated rings. The lowest BCUT2D eigenvalue weighted by molar-refractivity contribution is 0.661. The molecule has 1 aromatic rings. The van der Waals surface area contributed by atoms with E-state index in [9.17, 15) is 0 Å². The summed E-state index contributed by atoms with van der Waals surface area (Å²) in [6, 6.07) is 4.77. The lowest BCUT2D eigenvalue weighted by Gasteiger charge is -2.17. The maximum atomic E-state index is 2.39. The van der Waals surface area contributed by atoms with E-state index in [-0.39, 0.29) is 0 Å². The first-order valence-electron chi connectivity index (χ1n) is 8.40. The minimum atomic E-state index is 1.18. The van der Waals surface area contributed by atoms with Gasteiger partial charge in [-0.05, 0) is 54.4 Å². The summed E-state index contributed by atoms with van der Waals surface area (Å²) in [6.45, 7) is 9.19. The third-order valence-electron chi connectivity index (χ3n) is 4.16. The van der Waals surface area contributed by atoms with Gasteiger partial charge in [0.05, 0.1) is 0 Å². The summed E-state index contributed by atoms with van der Waals surface area (Å²) in [5.74, 6) is 0. The molecule has 0 aromatic heterocycles. The zero-order valence-electron chi connectivity index (χ0n) is 13.5. The molecule has 0 amide bonds. The molecule has 19 heavy (non-hydrogen) atoms. The van der Waals surface area contributed by atoms with Gasteiger partial charge in [0.15, 0.2) is 0 Å². The van der Waals surface area contributed by atoms with E-state index in [0.717, 1.165) is 0 Å². The molecule has 0 aliphatic rings. The summed E-state index contributed by atoms with van der Waals surface area (Å²) in [4.78, 5) is 0. The first-order chi connectivity index (χ1) is 9.28. The van der Waals surface area contributed by atoms with Crippen molar-refractivity contribution in [3.05, 3.63) is 34.4 Å². The van der Waals surface area contributed by atoms with Crippen LogP contribution < -0.4 is 0 Å². The Morgan fingerprint density at radius 2 is 1.37 bits per heavy atom. The molecule has 0 heteroatoms. The average molecular weight is 260 g/mol. The van der Waals surface area contributed by atoms with E-state index < -0.39 is 0 Å². The molecule has 0 aliphatic carbocycles. The third kappa shape index (κ3) is 4.67. The van der Waals surface area contributed by atoms with Crippen molar-refractivity contribution in [1.82, 2.24) is 0 Å². The van der Waals surface area contributed by atoms with Crippen molar-refractivity contribution in [2.24, 2.45) is 0 Å². The first-order valence-corrected chi connectivity index (χ1v) is 8.40. The molecule has 0 aliphatic heterocycles. The van der Waals surface area contributed by atoms with Crippen molar-refractivity contribution in [3.8, 4) is 0 Å². The molecule has 0 saturated heterocycles. The van der Waals surface area contributed by atoms with E-state index >= 15 is 0 Å². The van der Waals surface area contributed by atoms with Gasteiger partial charge in [0.25, 0.3) is 0 Å². The molecular weight excluding hydrogens is 228 g/mol. The molecule has 1 aromatic carbocycles. The van der Waals surface area contributed by atoms with Crippen LogP contribution in [-0.2, 0) is 25.7 Å². The summed E-state index contributed by atoms with van der Waals surface area (Å²) < 4.78 is 0. The number of aryl methyl sites for hydroxylation is 2. The molecule has 0 unspecified atom stereocenters. The van der Waals surface area contributed by atoms with Crippen LogP contribution in [0.2, 0.25) is 0 Å². The molecular formula is C19H32. The van der Waals surface area contributed by atoms with Gasteiger partial charge in [-0.2, -0.15) is 0 Å². The maximum Gasteiger partial charge on any atom is -0.0273 e. The van der Waals surface area contributed by atoms with Crippen molar-refractivity contribution >= 4 is 0 Å². The molecule has 1 rings (SSSR count). The highest BCUT2D eigenvalue weighted by atomic mass is 14.2. The highest BCUT2D eigenvalue weighted by Crippen LogP contribution is 2.24. The summed E-state index contributed by atoms with van der Waals surface area (Å²) in [5.41, 5.74) is 6.55. The van der Waals surface area contributed by atoms with Gasteiger partial charge in [-0.25, -0.2) is 0 Å². The third-order valence-corrected chi connectivity index (χ3v) is 4.16. The van der Waals surface area contributed by atoms with Gasteiger partial charge in [0.1, 0.15) is 0 Å². The number of rotatable bonds is 9. The smallest absolute Gasteiger partial charge is 0.0273 e. The summed E-state index contributed by atoms with van der Waals surface area (Å²) >= 11 is 0. The monoisotopic (exact) mass is 260 g/mol. The number of hydrogen-bond acceptors (Lipinski definition) is 0. The average Bonchev–Trinajstić information content (AvgIpc) is 2.44. The van der Waals surface area contributed by atoms with Crippen LogP contribution in [0.25, 0.3) is 0 Å². The lowest BCUT2D eigenvalue weighted by atomic mass is 9.88. The van der Waals surface area contributed by atoms with Crippen LogP contribution in [0.5, 0.6) is 0 Å². The van der Waals surface area contributed by atoms with Crippen molar-refractivity contribution in [3.63, 3.8) is 0 Å². The minimum absolute atomic E-state index is 1.18. The quantitative estimate of drug-likeness (QED) is 0.486. The fourth-order valence-electron chi connectivity index (χ4n) is 3.11. The van der Waals surface area contributed by atoms with Crippen molar-refractivity contribution in [2.45, 2.75) is 85.5 Å². The molecule has 0 radical (unpaired) electrons. The summed E-state index contributed by atoms with van der Waals surface area (Å²) in [7, 11) is 0. The highest BCUT2D eigenvalue weighted by molar-refractivity contribution is 5.41. The normalized spacial score (nSPS) is 10.9. The van der Waals surface area contributed by atoms with E-state index in [0.29, 0.717) is 0 Å². The Hall–Kier alpha value is -0.780. The molecule has 0 N–H and O–H groups in total. The van der Waals surface area contributed by atoms with Gasteiger partial charge < -0.3 is 0 Å². The van der Waals surface area contributed by atoms with Crippen LogP contribution in [0, 0.1) is 0 Å². The Morgan fingerprint density at radius 3 is 1.95 bits per heavy atom. The van der Waals surface area contributed by atoms with Gasteiger partial charge in [0, 0.05) is 0 Å². The zero-order valence-corrected chi connectivity index (χ0v) is 13.5. The predicted molar refractivity (Wildman–Crippen MR) is 87.0 cm³/mol. The number of benzene rings is 1. The maximum absolute atomic E-state index is 2.39. The fourth-order valence-corrected chi connectivity index (χ4v) is 3.11. The Kier molecular flexibility index (Phi) is 7.86. The Morgan fingerprint density at radius 1 is 0.632 bits per heavy atom. The van der Waals surface area contributed by atoms with Crippen LogP contribution in [0.15, 0.2) is 12.1 Å². The van der Waals surface area contributed by atoms with Crippen LogP contribution in [0.4, 0.5) is 0 Å². The highest BCUT2D eigenvalue weighted by Gasteiger charge is 2.10. The van der Waals surface area contributed by atoms with E-state index in [1.807, 2.05) is 0 Å². The standard InChI is InChI=1S/C19H32/c1-5-9-10-11-13-19-16(7-3)14-15-17(12-6-2)18(19)8-4/h14-15H,5-13H2,1-4H3. The zero-order chi connectivity index (χ0) is 14.1. The van der Waals surface area contributed by atoms with Gasteiger partial charge in [0.2, 0.25) is 0 Å². The van der Waals surface area contributed by atoms with Crippen LogP contribution in [0.3, 0.4) is 0 Å². The molecule has 0 heterocycles. The molecule has 108 valence electrons. The van der Waals surface area contributed by atoms with Crippen LogP contribution in [-0.4, -0.2) is 0 Å².